The molecule has 132 valence electrons. The lowest BCUT2D eigenvalue weighted by Gasteiger charge is -2.05. The van der Waals surface area contributed by atoms with Crippen molar-refractivity contribution in [3.05, 3.63) is 54.1 Å². The fourth-order valence-corrected chi connectivity index (χ4v) is 2.74. The summed E-state index contributed by atoms with van der Waals surface area (Å²) in [6, 6.07) is 5.87. The maximum Gasteiger partial charge on any atom is 0.134 e. The van der Waals surface area contributed by atoms with Crippen LogP contribution in [0.1, 0.15) is 25.1 Å². The maximum absolute atomic E-state index is 5.75. The minimum absolute atomic E-state index is 0.542. The first-order chi connectivity index (χ1) is 12.3. The molecule has 1 aliphatic rings. The molecule has 0 saturated heterocycles. The predicted octanol–water partition coefficient (Wildman–Crippen LogP) is 4.24. The van der Waals surface area contributed by atoms with Gasteiger partial charge in [0.05, 0.1) is 24.8 Å². The van der Waals surface area contributed by atoms with Gasteiger partial charge in [0.15, 0.2) is 0 Å². The van der Waals surface area contributed by atoms with Crippen LogP contribution in [-0.2, 0) is 9.47 Å². The van der Waals surface area contributed by atoms with Crippen molar-refractivity contribution in [2.45, 2.75) is 19.3 Å². The molecule has 0 amide bonds. The Morgan fingerprint density at radius 2 is 2.08 bits per heavy atom. The van der Waals surface area contributed by atoms with Gasteiger partial charge in [0.1, 0.15) is 23.9 Å². The van der Waals surface area contributed by atoms with Gasteiger partial charge in [-0.15, -0.1) is 0 Å². The topological polar surface area (TPSA) is 56.4 Å². The molecule has 1 N–H and O–H groups in total. The smallest absolute Gasteiger partial charge is 0.134 e. The summed E-state index contributed by atoms with van der Waals surface area (Å²) < 4.78 is 16.1. The normalized spacial score (nSPS) is 17.2. The van der Waals surface area contributed by atoms with Gasteiger partial charge in [-0.1, -0.05) is 12.2 Å². The number of aromatic amines is 1. The molecule has 0 atom stereocenters. The van der Waals surface area contributed by atoms with Crippen LogP contribution in [0.25, 0.3) is 16.6 Å². The second-order valence-corrected chi connectivity index (χ2v) is 5.87. The summed E-state index contributed by atoms with van der Waals surface area (Å²) in [5, 5.41) is 0. The number of H-pyrrole nitrogens is 1. The van der Waals surface area contributed by atoms with Crippen molar-refractivity contribution in [3.8, 4) is 5.75 Å². The monoisotopic (exact) mass is 340 g/mol. The van der Waals surface area contributed by atoms with Crippen LogP contribution < -0.4 is 4.74 Å². The van der Waals surface area contributed by atoms with Gasteiger partial charge in [0.2, 0.25) is 0 Å². The summed E-state index contributed by atoms with van der Waals surface area (Å²) in [4.78, 5) is 8.13. The first-order valence-corrected chi connectivity index (χ1v) is 8.53. The van der Waals surface area contributed by atoms with E-state index in [1.165, 1.54) is 5.57 Å². The van der Waals surface area contributed by atoms with Crippen molar-refractivity contribution < 1.29 is 14.2 Å². The van der Waals surface area contributed by atoms with E-state index in [0.717, 1.165) is 47.6 Å². The number of allylic oxidation sites excluding steroid dienone is 5. The van der Waals surface area contributed by atoms with Gasteiger partial charge in [-0.3, -0.25) is 0 Å². The van der Waals surface area contributed by atoms with Gasteiger partial charge >= 0.3 is 0 Å². The van der Waals surface area contributed by atoms with Crippen molar-refractivity contribution >= 4 is 16.6 Å². The number of rotatable bonds is 6. The molecule has 0 unspecified atom stereocenters. The van der Waals surface area contributed by atoms with Gasteiger partial charge < -0.3 is 19.2 Å². The molecule has 1 aromatic heterocycles. The minimum Gasteiger partial charge on any atom is -0.497 e. The zero-order chi connectivity index (χ0) is 17.5. The van der Waals surface area contributed by atoms with Crippen LogP contribution in [0.15, 0.2) is 48.3 Å². The van der Waals surface area contributed by atoms with Crippen molar-refractivity contribution in [2.75, 3.05) is 27.4 Å². The Labute approximate surface area is 148 Å². The van der Waals surface area contributed by atoms with Crippen molar-refractivity contribution in [1.82, 2.24) is 9.97 Å². The highest BCUT2D eigenvalue weighted by molar-refractivity contribution is 5.80. The number of benzene rings is 1. The third-order valence-corrected chi connectivity index (χ3v) is 4.10. The van der Waals surface area contributed by atoms with E-state index >= 15 is 0 Å². The third-order valence-electron chi connectivity index (χ3n) is 4.10. The molecule has 1 heterocycles. The average Bonchev–Trinajstić information content (AvgIpc) is 3.09. The summed E-state index contributed by atoms with van der Waals surface area (Å²) in [5.41, 5.74) is 3.09. The molecule has 3 rings (SSSR count). The molecule has 0 spiro atoms. The molecule has 0 aliphatic heterocycles. The minimum atomic E-state index is 0.542. The molecule has 1 aromatic carbocycles. The summed E-state index contributed by atoms with van der Waals surface area (Å²) in [7, 11) is 3.34. The summed E-state index contributed by atoms with van der Waals surface area (Å²) in [6.45, 7) is 1.12. The van der Waals surface area contributed by atoms with E-state index in [0.29, 0.717) is 13.2 Å². The van der Waals surface area contributed by atoms with Crippen molar-refractivity contribution in [2.24, 2.45) is 0 Å². The Hall–Kier alpha value is -2.53. The highest BCUT2D eigenvalue weighted by Gasteiger charge is 2.09. The predicted molar refractivity (Wildman–Crippen MR) is 99.5 cm³/mol. The van der Waals surface area contributed by atoms with Crippen LogP contribution in [0.5, 0.6) is 5.75 Å². The third kappa shape index (κ3) is 4.51. The van der Waals surface area contributed by atoms with Crippen LogP contribution in [0.4, 0.5) is 0 Å². The summed E-state index contributed by atoms with van der Waals surface area (Å²) in [6.07, 6.45) is 11.3. The Kier molecular flexibility index (Phi) is 5.90. The number of methoxy groups -OCH3 is 2. The van der Waals surface area contributed by atoms with E-state index in [9.17, 15) is 0 Å². The van der Waals surface area contributed by atoms with Crippen LogP contribution in [0.2, 0.25) is 0 Å². The van der Waals surface area contributed by atoms with Crippen molar-refractivity contribution in [3.63, 3.8) is 0 Å². The second-order valence-electron chi connectivity index (χ2n) is 5.87. The number of fused-ring (bicyclic) bond motifs is 1. The van der Waals surface area contributed by atoms with E-state index in [1.807, 2.05) is 30.4 Å². The average molecular weight is 340 g/mol. The van der Waals surface area contributed by atoms with E-state index in [1.54, 1.807) is 14.2 Å². The number of imidazole rings is 1. The molecule has 0 fully saturated rings. The number of hydrogen-bond acceptors (Lipinski definition) is 4. The summed E-state index contributed by atoms with van der Waals surface area (Å²) in [5.74, 6) is 2.57. The van der Waals surface area contributed by atoms with Crippen LogP contribution in [0, 0.1) is 0 Å². The quantitative estimate of drug-likeness (QED) is 0.799. The molecule has 5 heteroatoms. The first-order valence-electron chi connectivity index (χ1n) is 8.53. The molecular weight excluding hydrogens is 316 g/mol. The van der Waals surface area contributed by atoms with Crippen LogP contribution in [0.3, 0.4) is 0 Å². The standard InChI is InChI=1S/C20H24N2O3/c1-23-12-13-25-16-7-5-3-4-6-15(8-9-16)20-21-18-11-10-17(24-2)14-19(18)22-20/h5,7-11,14H,3-4,6,12-13H2,1-2H3,(H,21,22)/b7-5?,15-8+,16-9?. The van der Waals surface area contributed by atoms with Gasteiger partial charge in [0.25, 0.3) is 0 Å². The fraction of sp³-hybridized carbons (Fsp3) is 0.350. The Morgan fingerprint density at radius 1 is 1.16 bits per heavy atom. The zero-order valence-electron chi connectivity index (χ0n) is 14.7. The zero-order valence-corrected chi connectivity index (χ0v) is 14.7. The Balaban J connectivity index is 1.87. The summed E-state index contributed by atoms with van der Waals surface area (Å²) >= 11 is 0. The number of hydrogen-bond donors (Lipinski definition) is 1. The maximum atomic E-state index is 5.75. The highest BCUT2D eigenvalue weighted by atomic mass is 16.5. The number of aromatic nitrogens is 2. The SMILES string of the molecule is COCCOC1=C/C=C(/c2nc3ccc(OC)cc3[nH]2)CCCC=C1. The fourth-order valence-electron chi connectivity index (χ4n) is 2.74. The van der Waals surface area contributed by atoms with Gasteiger partial charge in [-0.25, -0.2) is 4.98 Å². The highest BCUT2D eigenvalue weighted by Crippen LogP contribution is 2.25. The molecule has 5 nitrogen and oxygen atoms in total. The van der Waals surface area contributed by atoms with Crippen LogP contribution >= 0.6 is 0 Å². The van der Waals surface area contributed by atoms with Crippen molar-refractivity contribution in [1.29, 1.82) is 0 Å². The molecular formula is C20H24N2O3. The van der Waals surface area contributed by atoms with Gasteiger partial charge in [-0.05, 0) is 49.1 Å². The molecule has 1 aliphatic carbocycles. The largest absolute Gasteiger partial charge is 0.497 e. The van der Waals surface area contributed by atoms with Gasteiger partial charge in [-0.2, -0.15) is 0 Å². The second kappa shape index (κ2) is 8.53. The Bertz CT molecular complexity index is 802. The number of ether oxygens (including phenoxy) is 3. The Morgan fingerprint density at radius 3 is 2.92 bits per heavy atom. The van der Waals surface area contributed by atoms with E-state index in [2.05, 4.69) is 17.1 Å². The van der Waals surface area contributed by atoms with E-state index in [4.69, 9.17) is 19.2 Å². The van der Waals surface area contributed by atoms with E-state index < -0.39 is 0 Å². The molecule has 2 aromatic rings. The lowest BCUT2D eigenvalue weighted by molar-refractivity contribution is 0.114. The van der Waals surface area contributed by atoms with Crippen LogP contribution in [-0.4, -0.2) is 37.4 Å². The van der Waals surface area contributed by atoms with E-state index in [-0.39, 0.29) is 0 Å². The molecule has 0 radical (unpaired) electrons. The number of nitrogens with one attached hydrogen (secondary N) is 1. The number of nitrogens with zero attached hydrogens (tertiary/aromatic N) is 1. The first kappa shape index (κ1) is 17.3. The molecule has 25 heavy (non-hydrogen) atoms. The van der Waals surface area contributed by atoms with Gasteiger partial charge in [0, 0.05) is 13.2 Å². The molecule has 0 bridgehead atoms. The lowest BCUT2D eigenvalue weighted by atomic mass is 10.1. The molecule has 0 saturated carbocycles. The lowest BCUT2D eigenvalue weighted by Crippen LogP contribution is -2.00.